The molecule has 1 aliphatic rings. The highest BCUT2D eigenvalue weighted by atomic mass is 16.5. The van der Waals surface area contributed by atoms with Crippen LogP contribution in [0.15, 0.2) is 0 Å². The van der Waals surface area contributed by atoms with Crippen LogP contribution in [0.25, 0.3) is 0 Å². The summed E-state index contributed by atoms with van der Waals surface area (Å²) >= 11 is 0. The van der Waals surface area contributed by atoms with Crippen molar-refractivity contribution in [2.45, 2.75) is 32.2 Å². The Hall–Kier alpha value is -0.940. The molecule has 5 nitrogen and oxygen atoms in total. The van der Waals surface area contributed by atoms with Gasteiger partial charge in [-0.1, -0.05) is 0 Å². The first-order valence-corrected chi connectivity index (χ1v) is 6.21. The van der Waals surface area contributed by atoms with Crippen LogP contribution in [0.3, 0.4) is 0 Å². The molecule has 1 fully saturated rings. The van der Waals surface area contributed by atoms with Gasteiger partial charge in [-0.05, 0) is 39.9 Å². The zero-order chi connectivity index (χ0) is 12.7. The van der Waals surface area contributed by atoms with Crippen molar-refractivity contribution >= 4 is 11.8 Å². The molecule has 0 aromatic heterocycles. The van der Waals surface area contributed by atoms with Gasteiger partial charge in [0.25, 0.3) is 0 Å². The Morgan fingerprint density at radius 1 is 1.35 bits per heavy atom. The molecule has 1 heterocycles. The van der Waals surface area contributed by atoms with Gasteiger partial charge in [0.2, 0.25) is 0 Å². The van der Waals surface area contributed by atoms with Crippen molar-refractivity contribution in [3.63, 3.8) is 0 Å². The zero-order valence-corrected chi connectivity index (χ0v) is 10.7. The molecule has 1 N–H and O–H groups in total. The van der Waals surface area contributed by atoms with Gasteiger partial charge in [-0.15, -0.1) is 0 Å². The van der Waals surface area contributed by atoms with Crippen LogP contribution < -0.4 is 5.32 Å². The highest BCUT2D eigenvalue weighted by Gasteiger charge is 2.20. The number of ether oxygens (including phenoxy) is 1. The second-order valence-electron chi connectivity index (χ2n) is 4.42. The number of nitrogens with one attached hydrogen (secondary N) is 1. The Labute approximate surface area is 102 Å². The van der Waals surface area contributed by atoms with E-state index in [1.165, 1.54) is 0 Å². The van der Waals surface area contributed by atoms with Gasteiger partial charge < -0.3 is 10.1 Å². The molecule has 1 aliphatic heterocycles. The average Bonchev–Trinajstić information content (AvgIpc) is 2.30. The van der Waals surface area contributed by atoms with Crippen molar-refractivity contribution in [3.05, 3.63) is 0 Å². The molecule has 0 amide bonds. The maximum Gasteiger partial charge on any atom is 0.313 e. The van der Waals surface area contributed by atoms with Crippen LogP contribution in [0.2, 0.25) is 0 Å². The summed E-state index contributed by atoms with van der Waals surface area (Å²) in [5.74, 6) is -0.485. The largest absolute Gasteiger partial charge is 0.466 e. The smallest absolute Gasteiger partial charge is 0.313 e. The molecule has 0 atom stereocenters. The van der Waals surface area contributed by atoms with Crippen LogP contribution in [0, 0.1) is 0 Å². The lowest BCUT2D eigenvalue weighted by Crippen LogP contribution is -2.43. The van der Waals surface area contributed by atoms with Crippen LogP contribution in [0.5, 0.6) is 0 Å². The third-order valence-electron chi connectivity index (χ3n) is 3.00. The van der Waals surface area contributed by atoms with E-state index in [4.69, 9.17) is 4.74 Å². The van der Waals surface area contributed by atoms with E-state index < -0.39 is 5.97 Å². The Kier molecular flexibility index (Phi) is 6.15. The predicted octanol–water partition coefficient (Wildman–Crippen LogP) is 0.193. The summed E-state index contributed by atoms with van der Waals surface area (Å²) in [6, 6.07) is 0.447. The molecule has 0 saturated carbocycles. The lowest BCUT2D eigenvalue weighted by atomic mass is 10.0. The number of rotatable bonds is 6. The molecule has 0 bridgehead atoms. The van der Waals surface area contributed by atoms with Crippen LogP contribution in [-0.2, 0) is 14.3 Å². The summed E-state index contributed by atoms with van der Waals surface area (Å²) in [6.45, 7) is 4.41. The van der Waals surface area contributed by atoms with Crippen LogP contribution >= 0.6 is 0 Å². The fourth-order valence-corrected chi connectivity index (χ4v) is 2.08. The molecule has 1 saturated heterocycles. The van der Waals surface area contributed by atoms with Crippen molar-refractivity contribution in [1.29, 1.82) is 0 Å². The van der Waals surface area contributed by atoms with E-state index in [-0.39, 0.29) is 12.2 Å². The van der Waals surface area contributed by atoms with Crippen molar-refractivity contribution in [2.24, 2.45) is 0 Å². The normalized spacial score (nSPS) is 17.1. The molecule has 0 aromatic carbocycles. The number of nitrogens with zero attached hydrogens (tertiary/aromatic N) is 1. The van der Waals surface area contributed by atoms with Crippen molar-refractivity contribution < 1.29 is 14.3 Å². The van der Waals surface area contributed by atoms with Gasteiger partial charge in [-0.3, -0.25) is 14.5 Å². The number of likely N-dealkylation sites (N-methyl/N-ethyl adjacent to an activating group) is 1. The van der Waals surface area contributed by atoms with Crippen molar-refractivity contribution in [1.82, 2.24) is 10.2 Å². The zero-order valence-electron chi connectivity index (χ0n) is 10.7. The van der Waals surface area contributed by atoms with E-state index in [0.717, 1.165) is 25.9 Å². The van der Waals surface area contributed by atoms with Gasteiger partial charge in [-0.2, -0.15) is 0 Å². The second-order valence-corrected chi connectivity index (χ2v) is 4.42. The van der Waals surface area contributed by atoms with Gasteiger partial charge in [0.15, 0.2) is 5.78 Å². The van der Waals surface area contributed by atoms with E-state index in [0.29, 0.717) is 19.2 Å². The maximum absolute atomic E-state index is 11.6. The quantitative estimate of drug-likeness (QED) is 0.532. The number of esters is 1. The standard InChI is InChI=1S/C12H22N2O3/c1-3-17-12(16)8-11(15)9-14(2)10-4-6-13-7-5-10/h10,13H,3-9H2,1-2H3. The molecule has 0 radical (unpaired) electrons. The maximum atomic E-state index is 11.6. The minimum Gasteiger partial charge on any atom is -0.466 e. The van der Waals surface area contributed by atoms with Crippen LogP contribution in [0.1, 0.15) is 26.2 Å². The number of ketones is 1. The molecule has 17 heavy (non-hydrogen) atoms. The lowest BCUT2D eigenvalue weighted by molar-refractivity contribution is -0.145. The lowest BCUT2D eigenvalue weighted by Gasteiger charge is -2.30. The molecular weight excluding hydrogens is 220 g/mol. The Balaban J connectivity index is 2.26. The third kappa shape index (κ3) is 5.28. The SMILES string of the molecule is CCOC(=O)CC(=O)CN(C)C1CCNCC1. The summed E-state index contributed by atoms with van der Waals surface area (Å²) in [4.78, 5) is 24.8. The van der Waals surface area contributed by atoms with E-state index in [1.54, 1.807) is 6.92 Å². The third-order valence-corrected chi connectivity index (χ3v) is 3.00. The molecule has 0 unspecified atom stereocenters. The summed E-state index contributed by atoms with van der Waals surface area (Å²) in [7, 11) is 1.94. The first-order chi connectivity index (χ1) is 8.13. The fourth-order valence-electron chi connectivity index (χ4n) is 2.08. The number of Topliss-reactive ketones (excluding diaryl/α,β-unsaturated/α-hetero) is 1. The second kappa shape index (κ2) is 7.40. The van der Waals surface area contributed by atoms with Gasteiger partial charge in [0.1, 0.15) is 6.42 Å². The summed E-state index contributed by atoms with van der Waals surface area (Å²) in [6.07, 6.45) is 2.01. The van der Waals surface area contributed by atoms with Gasteiger partial charge in [-0.25, -0.2) is 0 Å². The molecule has 0 spiro atoms. The molecule has 0 aromatic rings. The minimum atomic E-state index is -0.420. The summed E-state index contributed by atoms with van der Waals surface area (Å²) < 4.78 is 4.75. The first kappa shape index (κ1) is 14.1. The molecule has 0 aliphatic carbocycles. The monoisotopic (exact) mass is 242 g/mol. The Bertz CT molecular complexity index is 262. The van der Waals surface area contributed by atoms with Crippen LogP contribution in [0.4, 0.5) is 0 Å². The molecular formula is C12H22N2O3. The first-order valence-electron chi connectivity index (χ1n) is 6.21. The minimum absolute atomic E-state index is 0.0653. The van der Waals surface area contributed by atoms with Crippen molar-refractivity contribution in [2.75, 3.05) is 33.3 Å². The van der Waals surface area contributed by atoms with Crippen molar-refractivity contribution in [3.8, 4) is 0 Å². The Morgan fingerprint density at radius 2 is 2.00 bits per heavy atom. The number of piperidine rings is 1. The number of hydrogen-bond donors (Lipinski definition) is 1. The highest BCUT2D eigenvalue weighted by Crippen LogP contribution is 2.09. The average molecular weight is 242 g/mol. The van der Waals surface area contributed by atoms with Gasteiger partial charge in [0.05, 0.1) is 13.2 Å². The molecule has 98 valence electrons. The molecule has 1 rings (SSSR count). The topological polar surface area (TPSA) is 58.6 Å². The fraction of sp³-hybridized carbons (Fsp3) is 0.833. The van der Waals surface area contributed by atoms with E-state index in [9.17, 15) is 9.59 Å². The number of carbonyl (C=O) groups is 2. The van der Waals surface area contributed by atoms with Gasteiger partial charge in [0, 0.05) is 6.04 Å². The number of hydrogen-bond acceptors (Lipinski definition) is 5. The highest BCUT2D eigenvalue weighted by molar-refractivity contribution is 5.96. The van der Waals surface area contributed by atoms with Crippen LogP contribution in [-0.4, -0.2) is 56.0 Å². The van der Waals surface area contributed by atoms with E-state index in [2.05, 4.69) is 5.32 Å². The predicted molar refractivity (Wildman–Crippen MR) is 64.8 cm³/mol. The summed E-state index contributed by atoms with van der Waals surface area (Å²) in [5, 5.41) is 3.29. The van der Waals surface area contributed by atoms with Gasteiger partial charge >= 0.3 is 5.97 Å². The summed E-state index contributed by atoms with van der Waals surface area (Å²) in [5.41, 5.74) is 0. The Morgan fingerprint density at radius 3 is 2.59 bits per heavy atom. The van der Waals surface area contributed by atoms with E-state index in [1.807, 2.05) is 11.9 Å². The number of carbonyl (C=O) groups excluding carboxylic acids is 2. The molecule has 5 heteroatoms. The van der Waals surface area contributed by atoms with E-state index >= 15 is 0 Å².